The normalized spacial score (nSPS) is 12.9. The number of nitrogens with zero attached hydrogens (tertiary/aromatic N) is 1. The first kappa shape index (κ1) is 20.6. The van der Waals surface area contributed by atoms with Crippen LogP contribution in [0, 0.1) is 13.8 Å². The van der Waals surface area contributed by atoms with Gasteiger partial charge >= 0.3 is 0 Å². The average Bonchev–Trinajstić information content (AvgIpc) is 2.56. The molecule has 0 radical (unpaired) electrons. The first-order chi connectivity index (χ1) is 12.0. The van der Waals surface area contributed by atoms with Crippen LogP contribution in [0.3, 0.4) is 0 Å². The number of sulfonamides is 1. The van der Waals surface area contributed by atoms with Crippen LogP contribution in [0.5, 0.6) is 0 Å². The Morgan fingerprint density at radius 2 is 1.81 bits per heavy atom. The van der Waals surface area contributed by atoms with Crippen molar-refractivity contribution < 1.29 is 13.2 Å². The maximum Gasteiger partial charge on any atom is 0.251 e. The van der Waals surface area contributed by atoms with Crippen LogP contribution in [0.15, 0.2) is 45.8 Å². The summed E-state index contributed by atoms with van der Waals surface area (Å²) in [6.07, 6.45) is 0. The molecule has 1 N–H and O–H groups in total. The van der Waals surface area contributed by atoms with E-state index in [1.807, 2.05) is 31.2 Å². The van der Waals surface area contributed by atoms with Crippen LogP contribution in [0.1, 0.15) is 40.0 Å². The first-order valence-electron chi connectivity index (χ1n) is 8.14. The predicted octanol–water partition coefficient (Wildman–Crippen LogP) is 3.81. The molecule has 0 aliphatic carbocycles. The van der Waals surface area contributed by atoms with Gasteiger partial charge in [0.15, 0.2) is 0 Å². The molecular weight excluding hydrogens is 416 g/mol. The van der Waals surface area contributed by atoms with E-state index < -0.39 is 10.0 Å². The summed E-state index contributed by atoms with van der Waals surface area (Å²) in [6, 6.07) is 10.6. The molecule has 2 aromatic carbocycles. The third kappa shape index (κ3) is 4.34. The fraction of sp³-hybridized carbons (Fsp3) is 0.316. The number of carbonyl (C=O) groups is 1. The van der Waals surface area contributed by atoms with Crippen molar-refractivity contribution in [2.45, 2.75) is 31.7 Å². The van der Waals surface area contributed by atoms with E-state index >= 15 is 0 Å². The lowest BCUT2D eigenvalue weighted by molar-refractivity contribution is 0.0939. The maximum absolute atomic E-state index is 12.7. The molecule has 5 nitrogen and oxygen atoms in total. The molecule has 0 saturated heterocycles. The van der Waals surface area contributed by atoms with Gasteiger partial charge in [-0.3, -0.25) is 4.79 Å². The minimum absolute atomic E-state index is 0.155. The summed E-state index contributed by atoms with van der Waals surface area (Å²) in [4.78, 5) is 12.8. The fourth-order valence-electron chi connectivity index (χ4n) is 2.56. The van der Waals surface area contributed by atoms with E-state index in [-0.39, 0.29) is 16.8 Å². The highest BCUT2D eigenvalue weighted by atomic mass is 79.9. The Labute approximate surface area is 163 Å². The van der Waals surface area contributed by atoms with Gasteiger partial charge in [-0.1, -0.05) is 28.1 Å². The maximum atomic E-state index is 12.7. The van der Waals surface area contributed by atoms with Gasteiger partial charge in [0, 0.05) is 24.1 Å². The Morgan fingerprint density at radius 3 is 2.38 bits per heavy atom. The lowest BCUT2D eigenvalue weighted by Gasteiger charge is -2.18. The smallest absolute Gasteiger partial charge is 0.251 e. The lowest BCUT2D eigenvalue weighted by atomic mass is 10.0. The van der Waals surface area contributed by atoms with Crippen LogP contribution in [0.2, 0.25) is 0 Å². The number of rotatable bonds is 5. The second-order valence-electron chi connectivity index (χ2n) is 6.45. The molecule has 7 heteroatoms. The van der Waals surface area contributed by atoms with E-state index in [1.54, 1.807) is 19.9 Å². The number of aryl methyl sites for hydroxylation is 1. The van der Waals surface area contributed by atoms with Gasteiger partial charge in [0.05, 0.1) is 10.9 Å². The number of amides is 1. The summed E-state index contributed by atoms with van der Waals surface area (Å²) >= 11 is 3.42. The zero-order valence-electron chi connectivity index (χ0n) is 15.5. The van der Waals surface area contributed by atoms with Gasteiger partial charge in [0.1, 0.15) is 0 Å². The number of benzene rings is 2. The van der Waals surface area contributed by atoms with Crippen LogP contribution in [-0.2, 0) is 10.0 Å². The molecule has 0 heterocycles. The summed E-state index contributed by atoms with van der Waals surface area (Å²) in [7, 11) is -0.668. The second-order valence-corrected chi connectivity index (χ2v) is 9.49. The summed E-state index contributed by atoms with van der Waals surface area (Å²) < 4.78 is 27.2. The summed E-state index contributed by atoms with van der Waals surface area (Å²) in [5.74, 6) is -0.309. The molecule has 1 unspecified atom stereocenters. The minimum Gasteiger partial charge on any atom is -0.346 e. The molecule has 0 saturated carbocycles. The Morgan fingerprint density at radius 1 is 1.15 bits per heavy atom. The highest BCUT2D eigenvalue weighted by Gasteiger charge is 2.23. The summed E-state index contributed by atoms with van der Waals surface area (Å²) in [6.45, 7) is 5.44. The van der Waals surface area contributed by atoms with Gasteiger partial charge in [0.25, 0.3) is 5.91 Å². The largest absolute Gasteiger partial charge is 0.346 e. The molecule has 26 heavy (non-hydrogen) atoms. The number of hydrogen-bond donors (Lipinski definition) is 1. The van der Waals surface area contributed by atoms with Crippen LogP contribution in [0.4, 0.5) is 0 Å². The predicted molar refractivity (Wildman–Crippen MR) is 107 cm³/mol. The van der Waals surface area contributed by atoms with Gasteiger partial charge in [-0.15, -0.1) is 0 Å². The molecule has 0 aromatic heterocycles. The van der Waals surface area contributed by atoms with E-state index in [2.05, 4.69) is 21.2 Å². The molecule has 2 aromatic rings. The van der Waals surface area contributed by atoms with E-state index in [9.17, 15) is 13.2 Å². The third-order valence-electron chi connectivity index (χ3n) is 4.34. The van der Waals surface area contributed by atoms with Crippen molar-refractivity contribution in [2.75, 3.05) is 14.1 Å². The quantitative estimate of drug-likeness (QED) is 0.771. The van der Waals surface area contributed by atoms with E-state index in [0.29, 0.717) is 11.1 Å². The van der Waals surface area contributed by atoms with Crippen LogP contribution in [0.25, 0.3) is 0 Å². The minimum atomic E-state index is -3.63. The zero-order valence-corrected chi connectivity index (χ0v) is 17.9. The van der Waals surface area contributed by atoms with Crippen LogP contribution in [-0.4, -0.2) is 32.7 Å². The van der Waals surface area contributed by atoms with E-state index in [1.165, 1.54) is 20.2 Å². The van der Waals surface area contributed by atoms with Crippen molar-refractivity contribution in [2.24, 2.45) is 0 Å². The summed E-state index contributed by atoms with van der Waals surface area (Å²) in [5, 5.41) is 2.93. The SMILES string of the molecule is Cc1cc(C(=O)NC(C)c2cccc(Br)c2)cc(S(=O)(=O)N(C)C)c1C. The van der Waals surface area contributed by atoms with Gasteiger partial charge in [-0.05, 0) is 61.7 Å². The molecule has 1 amide bonds. The molecular formula is C19H23BrN2O3S. The number of halogens is 1. The first-order valence-corrected chi connectivity index (χ1v) is 10.4. The molecule has 0 fully saturated rings. The van der Waals surface area contributed by atoms with Crippen molar-refractivity contribution in [3.05, 3.63) is 63.1 Å². The van der Waals surface area contributed by atoms with E-state index in [0.717, 1.165) is 19.9 Å². The van der Waals surface area contributed by atoms with Crippen molar-refractivity contribution >= 4 is 31.9 Å². The second kappa shape index (κ2) is 7.90. The zero-order chi connectivity index (χ0) is 19.6. The van der Waals surface area contributed by atoms with Gasteiger partial charge in [-0.25, -0.2) is 12.7 Å². The molecule has 0 bridgehead atoms. The van der Waals surface area contributed by atoms with Crippen molar-refractivity contribution in [1.82, 2.24) is 9.62 Å². The average molecular weight is 439 g/mol. The van der Waals surface area contributed by atoms with Crippen molar-refractivity contribution in [3.8, 4) is 0 Å². The number of hydrogen-bond acceptors (Lipinski definition) is 3. The molecule has 1 atom stereocenters. The topological polar surface area (TPSA) is 66.5 Å². The number of nitrogens with one attached hydrogen (secondary N) is 1. The molecule has 0 spiro atoms. The Kier molecular flexibility index (Phi) is 6.26. The van der Waals surface area contributed by atoms with Gasteiger partial charge in [-0.2, -0.15) is 0 Å². The summed E-state index contributed by atoms with van der Waals surface area (Å²) in [5.41, 5.74) is 2.69. The molecule has 140 valence electrons. The van der Waals surface area contributed by atoms with Crippen LogP contribution >= 0.6 is 15.9 Å². The van der Waals surface area contributed by atoms with Crippen molar-refractivity contribution in [3.63, 3.8) is 0 Å². The van der Waals surface area contributed by atoms with Gasteiger partial charge < -0.3 is 5.32 Å². The van der Waals surface area contributed by atoms with Gasteiger partial charge in [0.2, 0.25) is 10.0 Å². The third-order valence-corrected chi connectivity index (χ3v) is 6.77. The fourth-order valence-corrected chi connectivity index (χ4v) is 4.20. The van der Waals surface area contributed by atoms with E-state index in [4.69, 9.17) is 0 Å². The Balaban J connectivity index is 2.36. The van der Waals surface area contributed by atoms with Crippen LogP contribution < -0.4 is 5.32 Å². The monoisotopic (exact) mass is 438 g/mol. The molecule has 0 aliphatic rings. The standard InChI is InChI=1S/C19H23BrN2O3S/c1-12-9-16(11-18(13(12)2)26(24,25)22(4)5)19(23)21-14(3)15-7-6-8-17(20)10-15/h6-11,14H,1-5H3,(H,21,23). The highest BCUT2D eigenvalue weighted by molar-refractivity contribution is 9.10. The number of carbonyl (C=O) groups excluding carboxylic acids is 1. The Bertz CT molecular complexity index is 940. The van der Waals surface area contributed by atoms with Crippen molar-refractivity contribution in [1.29, 1.82) is 0 Å². The lowest BCUT2D eigenvalue weighted by Crippen LogP contribution is -2.28. The molecule has 0 aliphatic heterocycles. The molecule has 2 rings (SSSR count). The highest BCUT2D eigenvalue weighted by Crippen LogP contribution is 2.24. The Hall–Kier alpha value is -1.70.